The molecular formula is C13H13FN4O3. The number of nitrogens with one attached hydrogen (secondary N) is 2. The maximum Gasteiger partial charge on any atom is 0.322 e. The van der Waals surface area contributed by atoms with Gasteiger partial charge in [0.25, 0.3) is 11.8 Å². The molecule has 3 rings (SSSR count). The zero-order chi connectivity index (χ0) is 15.2. The summed E-state index contributed by atoms with van der Waals surface area (Å²) >= 11 is 0. The molecule has 0 bridgehead atoms. The third-order valence-electron chi connectivity index (χ3n) is 3.82. The fourth-order valence-electron chi connectivity index (χ4n) is 2.68. The smallest absolute Gasteiger partial charge is 0.322 e. The van der Waals surface area contributed by atoms with Crippen molar-refractivity contribution in [3.05, 3.63) is 29.6 Å². The number of likely N-dealkylation sites (tertiary alicyclic amines) is 1. The minimum atomic E-state index is -1.09. The van der Waals surface area contributed by atoms with Crippen LogP contribution in [-0.4, -0.2) is 41.4 Å². The van der Waals surface area contributed by atoms with Crippen LogP contribution in [0.5, 0.6) is 0 Å². The molecule has 0 aliphatic carbocycles. The number of nitrogens with zero attached hydrogens (tertiary/aromatic N) is 1. The summed E-state index contributed by atoms with van der Waals surface area (Å²) in [6.07, 6.45) is 0.311. The van der Waals surface area contributed by atoms with E-state index in [4.69, 9.17) is 5.73 Å². The van der Waals surface area contributed by atoms with E-state index in [1.807, 2.05) is 0 Å². The highest BCUT2D eigenvalue weighted by Gasteiger charge is 2.51. The van der Waals surface area contributed by atoms with Crippen LogP contribution in [0.3, 0.4) is 0 Å². The lowest BCUT2D eigenvalue weighted by Gasteiger charge is -2.21. The number of hydrogen-bond donors (Lipinski definition) is 3. The normalized spacial score (nSPS) is 24.3. The van der Waals surface area contributed by atoms with Gasteiger partial charge in [0, 0.05) is 12.2 Å². The summed E-state index contributed by atoms with van der Waals surface area (Å²) in [5.74, 6) is -1.47. The van der Waals surface area contributed by atoms with Gasteiger partial charge in [-0.3, -0.25) is 14.9 Å². The molecule has 4 amide bonds. The largest absolute Gasteiger partial charge is 0.398 e. The summed E-state index contributed by atoms with van der Waals surface area (Å²) in [6, 6.07) is 2.98. The molecule has 2 fully saturated rings. The maximum absolute atomic E-state index is 13.3. The van der Waals surface area contributed by atoms with Crippen molar-refractivity contribution >= 4 is 23.5 Å². The Morgan fingerprint density at radius 3 is 2.81 bits per heavy atom. The Morgan fingerprint density at radius 2 is 2.14 bits per heavy atom. The number of hydrogen-bond acceptors (Lipinski definition) is 4. The first-order valence-corrected chi connectivity index (χ1v) is 6.39. The average molecular weight is 292 g/mol. The van der Waals surface area contributed by atoms with Crippen molar-refractivity contribution in [3.63, 3.8) is 0 Å². The van der Waals surface area contributed by atoms with Crippen LogP contribution in [-0.2, 0) is 4.79 Å². The van der Waals surface area contributed by atoms with E-state index < -0.39 is 29.2 Å². The van der Waals surface area contributed by atoms with E-state index in [9.17, 15) is 18.8 Å². The first kappa shape index (κ1) is 13.3. The molecule has 1 atom stereocenters. The fraction of sp³-hybridized carbons (Fsp3) is 0.308. The van der Waals surface area contributed by atoms with Crippen LogP contribution in [0, 0.1) is 5.82 Å². The number of nitrogen functional groups attached to an aromatic ring is 1. The standard InChI is InChI=1S/C13H13FN4O3/c14-7-1-2-9(15)8(5-7)10(19)18-4-3-13(6-18)11(20)16-12(21)17-13/h1-2,5H,3-4,6,15H2,(H2,16,17,20,21). The lowest BCUT2D eigenvalue weighted by atomic mass is 9.99. The highest BCUT2D eigenvalue weighted by atomic mass is 19.1. The summed E-state index contributed by atoms with van der Waals surface area (Å²) in [5, 5.41) is 4.70. The van der Waals surface area contributed by atoms with Gasteiger partial charge in [0.05, 0.1) is 12.1 Å². The molecule has 2 heterocycles. The Morgan fingerprint density at radius 1 is 1.38 bits per heavy atom. The van der Waals surface area contributed by atoms with Crippen molar-refractivity contribution in [3.8, 4) is 0 Å². The van der Waals surface area contributed by atoms with E-state index in [2.05, 4.69) is 10.6 Å². The van der Waals surface area contributed by atoms with Gasteiger partial charge in [-0.15, -0.1) is 0 Å². The van der Waals surface area contributed by atoms with Crippen molar-refractivity contribution in [2.75, 3.05) is 18.8 Å². The monoisotopic (exact) mass is 292 g/mol. The summed E-state index contributed by atoms with van der Waals surface area (Å²) in [4.78, 5) is 36.8. The molecule has 8 heteroatoms. The van der Waals surface area contributed by atoms with Gasteiger partial charge in [0.1, 0.15) is 11.4 Å². The van der Waals surface area contributed by atoms with Gasteiger partial charge in [-0.1, -0.05) is 0 Å². The first-order valence-electron chi connectivity index (χ1n) is 6.39. The van der Waals surface area contributed by atoms with Crippen LogP contribution in [0.4, 0.5) is 14.9 Å². The lowest BCUT2D eigenvalue weighted by Crippen LogP contribution is -2.49. The van der Waals surface area contributed by atoms with Crippen LogP contribution < -0.4 is 16.4 Å². The zero-order valence-corrected chi connectivity index (χ0v) is 11.0. The first-order chi connectivity index (χ1) is 9.91. The van der Waals surface area contributed by atoms with E-state index in [1.54, 1.807) is 0 Å². The lowest BCUT2D eigenvalue weighted by molar-refractivity contribution is -0.123. The van der Waals surface area contributed by atoms with E-state index in [1.165, 1.54) is 17.0 Å². The Hall–Kier alpha value is -2.64. The highest BCUT2D eigenvalue weighted by Crippen LogP contribution is 2.27. The second kappa shape index (κ2) is 4.44. The molecule has 2 aliphatic rings. The molecule has 110 valence electrons. The van der Waals surface area contributed by atoms with Crippen molar-refractivity contribution < 1.29 is 18.8 Å². The van der Waals surface area contributed by atoms with Crippen molar-refractivity contribution in [1.29, 1.82) is 0 Å². The van der Waals surface area contributed by atoms with Crippen molar-refractivity contribution in [2.24, 2.45) is 0 Å². The van der Waals surface area contributed by atoms with Crippen molar-refractivity contribution in [1.82, 2.24) is 15.5 Å². The number of nitrogens with two attached hydrogens (primary N) is 1. The molecule has 1 aromatic carbocycles. The number of imide groups is 1. The number of urea groups is 1. The molecular weight excluding hydrogens is 279 g/mol. The number of benzene rings is 1. The topological polar surface area (TPSA) is 105 Å². The number of amides is 4. The van der Waals surface area contributed by atoms with Gasteiger partial charge in [-0.25, -0.2) is 9.18 Å². The van der Waals surface area contributed by atoms with Crippen LogP contribution in [0.15, 0.2) is 18.2 Å². The second-order valence-corrected chi connectivity index (χ2v) is 5.20. The van der Waals surface area contributed by atoms with Crippen LogP contribution >= 0.6 is 0 Å². The van der Waals surface area contributed by atoms with Gasteiger partial charge < -0.3 is 16.0 Å². The molecule has 1 aromatic rings. The number of halogens is 1. The maximum atomic E-state index is 13.3. The Labute approximate surface area is 119 Å². The predicted octanol–water partition coefficient (Wildman–Crippen LogP) is -0.168. The minimum Gasteiger partial charge on any atom is -0.398 e. The van der Waals surface area contributed by atoms with Crippen LogP contribution in [0.2, 0.25) is 0 Å². The molecule has 1 spiro atoms. The molecule has 2 saturated heterocycles. The third kappa shape index (κ3) is 2.08. The summed E-state index contributed by atoms with van der Waals surface area (Å²) in [7, 11) is 0. The molecule has 0 saturated carbocycles. The van der Waals surface area contributed by atoms with Gasteiger partial charge in [0.2, 0.25) is 0 Å². The van der Waals surface area contributed by atoms with Gasteiger partial charge in [0.15, 0.2) is 0 Å². The highest BCUT2D eigenvalue weighted by molar-refractivity contribution is 6.08. The van der Waals surface area contributed by atoms with Gasteiger partial charge in [-0.05, 0) is 24.6 Å². The molecule has 7 nitrogen and oxygen atoms in total. The quantitative estimate of drug-likeness (QED) is 0.494. The van der Waals surface area contributed by atoms with Crippen LogP contribution in [0.25, 0.3) is 0 Å². The zero-order valence-electron chi connectivity index (χ0n) is 11.0. The third-order valence-corrected chi connectivity index (χ3v) is 3.82. The Kier molecular flexibility index (Phi) is 2.82. The fourth-order valence-corrected chi connectivity index (χ4v) is 2.68. The second-order valence-electron chi connectivity index (χ2n) is 5.20. The number of rotatable bonds is 1. The summed E-state index contributed by atoms with van der Waals surface area (Å²) in [5.41, 5.74) is 4.82. The van der Waals surface area contributed by atoms with Gasteiger partial charge in [-0.2, -0.15) is 0 Å². The predicted molar refractivity (Wildman–Crippen MR) is 70.7 cm³/mol. The van der Waals surface area contributed by atoms with E-state index >= 15 is 0 Å². The SMILES string of the molecule is Nc1ccc(F)cc1C(=O)N1CCC2(C1)NC(=O)NC2=O. The Balaban J connectivity index is 1.83. The van der Waals surface area contributed by atoms with E-state index in [0.29, 0.717) is 6.42 Å². The minimum absolute atomic E-state index is 0.0410. The van der Waals surface area contributed by atoms with Gasteiger partial charge >= 0.3 is 6.03 Å². The van der Waals surface area contributed by atoms with E-state index in [0.717, 1.165) is 6.07 Å². The molecule has 0 radical (unpaired) electrons. The average Bonchev–Trinajstić information content (AvgIpc) is 2.97. The molecule has 21 heavy (non-hydrogen) atoms. The number of anilines is 1. The number of carbonyl (C=O) groups excluding carboxylic acids is 3. The van der Waals surface area contributed by atoms with E-state index in [-0.39, 0.29) is 24.3 Å². The molecule has 2 aliphatic heterocycles. The molecule has 4 N–H and O–H groups in total. The summed E-state index contributed by atoms with van der Waals surface area (Å²) < 4.78 is 13.3. The van der Waals surface area contributed by atoms with Crippen molar-refractivity contribution in [2.45, 2.75) is 12.0 Å². The van der Waals surface area contributed by atoms with Crippen LogP contribution in [0.1, 0.15) is 16.8 Å². The molecule has 0 aromatic heterocycles. The number of carbonyl (C=O) groups is 3. The Bertz CT molecular complexity index is 663. The summed E-state index contributed by atoms with van der Waals surface area (Å²) in [6.45, 7) is 0.321. The molecule has 1 unspecified atom stereocenters.